The lowest BCUT2D eigenvalue weighted by Gasteiger charge is -2.32. The number of fused-ring (bicyclic) bond motifs is 2. The van der Waals surface area contributed by atoms with E-state index in [0.29, 0.717) is 0 Å². The van der Waals surface area contributed by atoms with E-state index in [0.717, 1.165) is 6.07 Å². The van der Waals surface area contributed by atoms with Gasteiger partial charge in [-0.05, 0) is 52.7 Å². The second kappa shape index (κ2) is 9.37. The van der Waals surface area contributed by atoms with Crippen LogP contribution in [0.3, 0.4) is 0 Å². The summed E-state index contributed by atoms with van der Waals surface area (Å²) in [5, 5.41) is 2.54. The van der Waals surface area contributed by atoms with Gasteiger partial charge in [0.25, 0.3) is 5.92 Å². The molecule has 1 saturated heterocycles. The van der Waals surface area contributed by atoms with Crippen molar-refractivity contribution in [3.05, 3.63) is 39.4 Å². The Hall–Kier alpha value is -3.31. The number of rotatable bonds is 5. The summed E-state index contributed by atoms with van der Waals surface area (Å²) < 4.78 is 72.0. The maximum atomic E-state index is 15.8. The van der Waals surface area contributed by atoms with Crippen molar-refractivity contribution in [2.45, 2.75) is 83.2 Å². The second-order valence-corrected chi connectivity index (χ2v) is 12.0. The molecule has 1 amide bonds. The van der Waals surface area contributed by atoms with Crippen LogP contribution in [0.4, 0.5) is 28.0 Å². The number of halogens is 4. The van der Waals surface area contributed by atoms with Gasteiger partial charge in [-0.25, -0.2) is 27.2 Å². The van der Waals surface area contributed by atoms with E-state index in [4.69, 9.17) is 9.47 Å². The van der Waals surface area contributed by atoms with E-state index in [1.54, 1.807) is 27.7 Å². The number of hydrogen-bond acceptors (Lipinski definition) is 6. The molecule has 1 aliphatic heterocycles. The van der Waals surface area contributed by atoms with Crippen molar-refractivity contribution in [2.75, 3.05) is 24.6 Å². The molecule has 1 N–H and O–H groups in total. The Balaban J connectivity index is 1.61. The molecule has 0 spiro atoms. The number of esters is 1. The van der Waals surface area contributed by atoms with Gasteiger partial charge >= 0.3 is 12.1 Å². The second-order valence-electron chi connectivity index (χ2n) is 12.0. The number of anilines is 1. The molecule has 0 bridgehead atoms. The van der Waals surface area contributed by atoms with E-state index in [9.17, 15) is 18.8 Å². The summed E-state index contributed by atoms with van der Waals surface area (Å²) in [6, 6.07) is 0.297. The van der Waals surface area contributed by atoms with Gasteiger partial charge in [0.2, 0.25) is 5.43 Å². The Morgan fingerprint density at radius 3 is 2.50 bits per heavy atom. The van der Waals surface area contributed by atoms with Crippen LogP contribution < -0.4 is 15.6 Å². The van der Waals surface area contributed by atoms with Gasteiger partial charge in [0.15, 0.2) is 0 Å². The number of nitrogens with zero attached hydrogens (tertiary/aromatic N) is 2. The molecular formula is C28H33F4N3O5. The molecular weight excluding hydrogens is 534 g/mol. The number of amides is 1. The third kappa shape index (κ3) is 4.68. The Kier molecular flexibility index (Phi) is 6.61. The molecule has 218 valence electrons. The van der Waals surface area contributed by atoms with Crippen molar-refractivity contribution in [2.24, 2.45) is 5.92 Å². The first-order valence-electron chi connectivity index (χ1n) is 13.4. The van der Waals surface area contributed by atoms with Crippen LogP contribution >= 0.6 is 0 Å². The number of ether oxygens (including phenoxy) is 2. The van der Waals surface area contributed by atoms with Crippen LogP contribution in [-0.4, -0.2) is 59.6 Å². The van der Waals surface area contributed by atoms with Crippen LogP contribution in [0.15, 0.2) is 17.1 Å². The highest BCUT2D eigenvalue weighted by atomic mass is 19.3. The van der Waals surface area contributed by atoms with E-state index in [1.807, 2.05) is 0 Å². The lowest BCUT2D eigenvalue weighted by Crippen LogP contribution is -2.54. The van der Waals surface area contributed by atoms with Crippen LogP contribution in [0.1, 0.15) is 68.9 Å². The Bertz CT molecular complexity index is 1450. The maximum Gasteiger partial charge on any atom is 0.408 e. The number of benzene rings is 1. The van der Waals surface area contributed by atoms with Crippen molar-refractivity contribution >= 4 is 28.7 Å². The number of alkyl carbamates (subject to hydrolysis) is 1. The molecule has 0 radical (unpaired) electrons. The SMILES string of the molecule is CCOC(=O)c1cn([C@@H]2C[C@@H]2F)c2c(C)c(N3C[C@H]4C(F)(F)CCC4(NC(=O)OC(C)(C)C)C3)c(F)cc2c1=O. The topological polar surface area (TPSA) is 89.9 Å². The molecule has 3 fully saturated rings. The number of hydrogen-bond donors (Lipinski definition) is 1. The summed E-state index contributed by atoms with van der Waals surface area (Å²) in [6.45, 7) is 7.74. The fourth-order valence-corrected chi connectivity index (χ4v) is 6.25. The first kappa shape index (κ1) is 28.2. The first-order valence-corrected chi connectivity index (χ1v) is 13.4. The standard InChI is InChI=1S/C28H33F4N3O5/c1-6-39-24(37)16-11-35(19-10-17(19)29)21-14(2)22(18(30)9-15(21)23(16)36)34-12-20-27(13-34,7-8-28(20,31)32)33-25(38)40-26(3,4)5/h9,11,17,19-20H,6-8,10,12-13H2,1-5H3,(H,33,38)/t17-,19+,20+,27?/m0/s1. The summed E-state index contributed by atoms with van der Waals surface area (Å²) in [6.07, 6.45) is -1.15. The van der Waals surface area contributed by atoms with Crippen LogP contribution in [-0.2, 0) is 9.47 Å². The monoisotopic (exact) mass is 567 g/mol. The zero-order chi connectivity index (χ0) is 29.4. The Morgan fingerprint density at radius 2 is 1.90 bits per heavy atom. The fraction of sp³-hybridized carbons (Fsp3) is 0.607. The number of aromatic nitrogens is 1. The van der Waals surface area contributed by atoms with E-state index < -0.39 is 64.9 Å². The molecule has 12 heteroatoms. The largest absolute Gasteiger partial charge is 0.462 e. The molecule has 2 aliphatic carbocycles. The van der Waals surface area contributed by atoms with Gasteiger partial charge in [0, 0.05) is 37.5 Å². The molecule has 2 heterocycles. The molecule has 1 aromatic heterocycles. The van der Waals surface area contributed by atoms with Crippen molar-refractivity contribution < 1.29 is 36.6 Å². The molecule has 2 aromatic rings. The summed E-state index contributed by atoms with van der Waals surface area (Å²) in [5.74, 6) is -6.17. The highest BCUT2D eigenvalue weighted by Crippen LogP contribution is 2.52. The molecule has 5 rings (SSSR count). The lowest BCUT2D eigenvalue weighted by atomic mass is 9.89. The quantitative estimate of drug-likeness (QED) is 0.403. The van der Waals surface area contributed by atoms with Crippen molar-refractivity contribution in [3.63, 3.8) is 0 Å². The third-order valence-electron chi connectivity index (χ3n) is 8.04. The van der Waals surface area contributed by atoms with E-state index in [-0.39, 0.29) is 60.3 Å². The molecule has 3 aliphatic rings. The van der Waals surface area contributed by atoms with Gasteiger partial charge in [0.1, 0.15) is 23.2 Å². The molecule has 8 nitrogen and oxygen atoms in total. The van der Waals surface area contributed by atoms with E-state index in [1.165, 1.54) is 22.6 Å². The van der Waals surface area contributed by atoms with Gasteiger partial charge in [-0.15, -0.1) is 0 Å². The van der Waals surface area contributed by atoms with Crippen molar-refractivity contribution in [3.8, 4) is 0 Å². The number of nitrogens with one attached hydrogen (secondary N) is 1. The average molecular weight is 568 g/mol. The molecule has 4 atom stereocenters. The normalized spacial score (nSPS) is 27.0. The fourth-order valence-electron chi connectivity index (χ4n) is 6.25. The van der Waals surface area contributed by atoms with E-state index >= 15 is 13.2 Å². The zero-order valence-corrected chi connectivity index (χ0v) is 23.1. The number of carbonyl (C=O) groups excluding carboxylic acids is 2. The van der Waals surface area contributed by atoms with Crippen LogP contribution in [0, 0.1) is 18.7 Å². The van der Waals surface area contributed by atoms with Crippen LogP contribution in [0.5, 0.6) is 0 Å². The third-order valence-corrected chi connectivity index (χ3v) is 8.04. The maximum absolute atomic E-state index is 15.8. The summed E-state index contributed by atoms with van der Waals surface area (Å²) in [5.41, 5.74) is -2.86. The van der Waals surface area contributed by atoms with Crippen LogP contribution in [0.2, 0.25) is 0 Å². The highest BCUT2D eigenvalue weighted by Gasteiger charge is 2.64. The minimum Gasteiger partial charge on any atom is -0.462 e. The molecule has 40 heavy (non-hydrogen) atoms. The van der Waals surface area contributed by atoms with Crippen molar-refractivity contribution in [1.29, 1.82) is 0 Å². The number of pyridine rings is 1. The Morgan fingerprint density at radius 1 is 1.23 bits per heavy atom. The molecule has 2 saturated carbocycles. The predicted molar refractivity (Wildman–Crippen MR) is 139 cm³/mol. The van der Waals surface area contributed by atoms with Gasteiger partial charge in [-0.3, -0.25) is 4.79 Å². The number of aryl methyl sites for hydroxylation is 1. The molecule has 1 unspecified atom stereocenters. The Labute approximate surface area is 228 Å². The number of carbonyl (C=O) groups is 2. The summed E-state index contributed by atoms with van der Waals surface area (Å²) in [7, 11) is 0. The van der Waals surface area contributed by atoms with Gasteiger partial charge in [-0.1, -0.05) is 0 Å². The number of alkyl halides is 3. The van der Waals surface area contributed by atoms with E-state index in [2.05, 4.69) is 5.32 Å². The average Bonchev–Trinajstić information content (AvgIpc) is 3.35. The smallest absolute Gasteiger partial charge is 0.408 e. The molecule has 1 aromatic carbocycles. The zero-order valence-electron chi connectivity index (χ0n) is 23.1. The minimum atomic E-state index is -3.11. The summed E-state index contributed by atoms with van der Waals surface area (Å²) in [4.78, 5) is 39.8. The minimum absolute atomic E-state index is 0.0116. The lowest BCUT2D eigenvalue weighted by molar-refractivity contribution is -0.0415. The van der Waals surface area contributed by atoms with Crippen molar-refractivity contribution in [1.82, 2.24) is 9.88 Å². The first-order chi connectivity index (χ1) is 18.6. The van der Waals surface area contributed by atoms with Gasteiger partial charge in [0.05, 0.1) is 35.3 Å². The van der Waals surface area contributed by atoms with Gasteiger partial charge in [-0.2, -0.15) is 0 Å². The van der Waals surface area contributed by atoms with Crippen LogP contribution in [0.25, 0.3) is 10.9 Å². The highest BCUT2D eigenvalue weighted by molar-refractivity contribution is 5.96. The van der Waals surface area contributed by atoms with Gasteiger partial charge < -0.3 is 24.3 Å². The predicted octanol–water partition coefficient (Wildman–Crippen LogP) is 5.04. The summed E-state index contributed by atoms with van der Waals surface area (Å²) >= 11 is 0.